The van der Waals surface area contributed by atoms with E-state index in [4.69, 9.17) is 4.74 Å². The maximum absolute atomic E-state index is 5.34. The Balaban J connectivity index is 3.75. The Hall–Kier alpha value is -0.300. The molecule has 1 heteroatoms. The summed E-state index contributed by atoms with van der Waals surface area (Å²) in [4.78, 5) is 0. The zero-order valence-corrected chi connectivity index (χ0v) is 8.18. The first-order valence-electron chi connectivity index (χ1n) is 4.41. The van der Waals surface area contributed by atoms with Gasteiger partial charge in [-0.25, -0.2) is 0 Å². The quantitative estimate of drug-likeness (QED) is 0.555. The number of ether oxygens (including phenoxy) is 1. The Morgan fingerprint density at radius 2 is 2.18 bits per heavy atom. The lowest BCUT2D eigenvalue weighted by atomic mass is 10.1. The van der Waals surface area contributed by atoms with Gasteiger partial charge in [0.15, 0.2) is 0 Å². The van der Waals surface area contributed by atoms with Crippen LogP contribution in [0.5, 0.6) is 0 Å². The van der Waals surface area contributed by atoms with Crippen molar-refractivity contribution in [2.45, 2.75) is 46.1 Å². The monoisotopic (exact) mass is 156 g/mol. The maximum Gasteiger partial charge on any atom is 0.0778 e. The van der Waals surface area contributed by atoms with Crippen molar-refractivity contribution < 1.29 is 4.74 Å². The Morgan fingerprint density at radius 3 is 2.55 bits per heavy atom. The van der Waals surface area contributed by atoms with E-state index in [1.807, 2.05) is 0 Å². The Morgan fingerprint density at radius 1 is 1.55 bits per heavy atom. The molecule has 0 aromatic carbocycles. The zero-order valence-electron chi connectivity index (χ0n) is 8.18. The van der Waals surface area contributed by atoms with Crippen molar-refractivity contribution in [2.75, 3.05) is 7.11 Å². The smallest absolute Gasteiger partial charge is 0.0778 e. The average Bonchev–Trinajstić information content (AvgIpc) is 2.05. The highest BCUT2D eigenvalue weighted by atomic mass is 16.5. The molecule has 11 heavy (non-hydrogen) atoms. The molecule has 0 saturated carbocycles. The van der Waals surface area contributed by atoms with Gasteiger partial charge in [0.25, 0.3) is 0 Å². The molecule has 1 unspecified atom stereocenters. The van der Waals surface area contributed by atoms with Crippen molar-refractivity contribution in [3.63, 3.8) is 0 Å². The minimum absolute atomic E-state index is 0.347. The van der Waals surface area contributed by atoms with E-state index in [0.717, 1.165) is 6.42 Å². The van der Waals surface area contributed by atoms with Gasteiger partial charge in [-0.1, -0.05) is 25.8 Å². The van der Waals surface area contributed by atoms with Crippen LogP contribution in [0.1, 0.15) is 40.0 Å². The van der Waals surface area contributed by atoms with Gasteiger partial charge in [-0.2, -0.15) is 0 Å². The predicted octanol–water partition coefficient (Wildman–Crippen LogP) is 3.16. The summed E-state index contributed by atoms with van der Waals surface area (Å²) in [6, 6.07) is 0. The fourth-order valence-electron chi connectivity index (χ4n) is 1.11. The molecule has 0 spiro atoms. The van der Waals surface area contributed by atoms with Crippen LogP contribution in [-0.2, 0) is 4.74 Å². The molecule has 1 atom stereocenters. The second-order valence-corrected chi connectivity index (χ2v) is 2.90. The lowest BCUT2D eigenvalue weighted by Crippen LogP contribution is -2.11. The molecule has 0 fully saturated rings. The fraction of sp³-hybridized carbons (Fsp3) is 0.800. The van der Waals surface area contributed by atoms with E-state index in [1.165, 1.54) is 18.4 Å². The molecule has 0 heterocycles. The molecule has 0 N–H and O–H groups in total. The van der Waals surface area contributed by atoms with Crippen LogP contribution in [-0.4, -0.2) is 13.2 Å². The first-order valence-corrected chi connectivity index (χ1v) is 4.41. The highest BCUT2D eigenvalue weighted by Gasteiger charge is 2.06. The highest BCUT2D eigenvalue weighted by Crippen LogP contribution is 2.12. The third-order valence-corrected chi connectivity index (χ3v) is 2.07. The Labute approximate surface area is 70.4 Å². The maximum atomic E-state index is 5.34. The number of allylic oxidation sites excluding steroid dienone is 1. The zero-order chi connectivity index (χ0) is 8.69. The number of methoxy groups -OCH3 is 1. The van der Waals surface area contributed by atoms with Crippen LogP contribution < -0.4 is 0 Å². The number of unbranched alkanes of at least 4 members (excludes halogenated alkanes) is 1. The number of hydrogen-bond acceptors (Lipinski definition) is 1. The van der Waals surface area contributed by atoms with Crippen molar-refractivity contribution >= 4 is 0 Å². The Kier molecular flexibility index (Phi) is 6.24. The van der Waals surface area contributed by atoms with Crippen LogP contribution in [0.3, 0.4) is 0 Å². The summed E-state index contributed by atoms with van der Waals surface area (Å²) in [6.07, 6.45) is 6.13. The molecule has 1 nitrogen and oxygen atoms in total. The van der Waals surface area contributed by atoms with Gasteiger partial charge in [0, 0.05) is 7.11 Å². The van der Waals surface area contributed by atoms with E-state index in [9.17, 15) is 0 Å². The third kappa shape index (κ3) is 4.20. The normalized spacial score (nSPS) is 15.1. The van der Waals surface area contributed by atoms with Gasteiger partial charge in [0.1, 0.15) is 0 Å². The summed E-state index contributed by atoms with van der Waals surface area (Å²) in [7, 11) is 1.79. The van der Waals surface area contributed by atoms with Gasteiger partial charge in [0.2, 0.25) is 0 Å². The fourth-order valence-corrected chi connectivity index (χ4v) is 1.11. The third-order valence-electron chi connectivity index (χ3n) is 2.07. The van der Waals surface area contributed by atoms with Gasteiger partial charge in [0.05, 0.1) is 6.10 Å². The van der Waals surface area contributed by atoms with Crippen LogP contribution in [0.4, 0.5) is 0 Å². The summed E-state index contributed by atoms with van der Waals surface area (Å²) in [6.45, 7) is 6.40. The SMILES string of the molecule is C/C=C(\C)C(CCCC)OC. The van der Waals surface area contributed by atoms with E-state index >= 15 is 0 Å². The summed E-state index contributed by atoms with van der Waals surface area (Å²) < 4.78 is 5.34. The second-order valence-electron chi connectivity index (χ2n) is 2.90. The van der Waals surface area contributed by atoms with Crippen LogP contribution >= 0.6 is 0 Å². The van der Waals surface area contributed by atoms with Crippen LogP contribution in [0.2, 0.25) is 0 Å². The molecule has 0 bridgehead atoms. The summed E-state index contributed by atoms with van der Waals surface area (Å²) >= 11 is 0. The first kappa shape index (κ1) is 10.7. The molecule has 0 radical (unpaired) electrons. The average molecular weight is 156 g/mol. The van der Waals surface area contributed by atoms with E-state index in [0.29, 0.717) is 6.10 Å². The van der Waals surface area contributed by atoms with Gasteiger partial charge >= 0.3 is 0 Å². The lowest BCUT2D eigenvalue weighted by molar-refractivity contribution is 0.122. The van der Waals surface area contributed by atoms with Gasteiger partial charge < -0.3 is 4.74 Å². The molecular formula is C10H20O. The van der Waals surface area contributed by atoms with E-state index in [2.05, 4.69) is 26.8 Å². The lowest BCUT2D eigenvalue weighted by Gasteiger charge is -2.14. The van der Waals surface area contributed by atoms with Gasteiger partial charge in [-0.15, -0.1) is 0 Å². The van der Waals surface area contributed by atoms with E-state index < -0.39 is 0 Å². The molecule has 0 aromatic heterocycles. The first-order chi connectivity index (χ1) is 5.26. The largest absolute Gasteiger partial charge is 0.377 e. The minimum Gasteiger partial charge on any atom is -0.377 e. The van der Waals surface area contributed by atoms with Crippen LogP contribution in [0, 0.1) is 0 Å². The molecule has 0 aromatic rings. The molecule has 0 aliphatic rings. The van der Waals surface area contributed by atoms with Crippen molar-refractivity contribution in [1.29, 1.82) is 0 Å². The van der Waals surface area contributed by atoms with Crippen LogP contribution in [0.15, 0.2) is 11.6 Å². The minimum atomic E-state index is 0.347. The molecule has 0 rings (SSSR count). The highest BCUT2D eigenvalue weighted by molar-refractivity contribution is 5.02. The van der Waals surface area contributed by atoms with E-state index in [-0.39, 0.29) is 0 Å². The molecule has 0 aliphatic heterocycles. The molecule has 0 saturated heterocycles. The summed E-state index contributed by atoms with van der Waals surface area (Å²) in [5.41, 5.74) is 1.35. The topological polar surface area (TPSA) is 9.23 Å². The van der Waals surface area contributed by atoms with Crippen molar-refractivity contribution in [3.05, 3.63) is 11.6 Å². The summed E-state index contributed by atoms with van der Waals surface area (Å²) in [5.74, 6) is 0. The number of hydrogen-bond donors (Lipinski definition) is 0. The predicted molar refractivity (Wildman–Crippen MR) is 49.8 cm³/mol. The van der Waals surface area contributed by atoms with Crippen LogP contribution in [0.25, 0.3) is 0 Å². The van der Waals surface area contributed by atoms with Gasteiger partial charge in [-0.3, -0.25) is 0 Å². The molecule has 66 valence electrons. The summed E-state index contributed by atoms with van der Waals surface area (Å²) in [5, 5.41) is 0. The van der Waals surface area contributed by atoms with Crippen molar-refractivity contribution in [1.82, 2.24) is 0 Å². The standard InChI is InChI=1S/C10H20O/c1-5-7-8-10(11-4)9(3)6-2/h6,10H,5,7-8H2,1-4H3/b9-6+. The van der Waals surface area contributed by atoms with Crippen molar-refractivity contribution in [2.24, 2.45) is 0 Å². The Bertz CT molecular complexity index is 116. The van der Waals surface area contributed by atoms with Crippen molar-refractivity contribution in [3.8, 4) is 0 Å². The van der Waals surface area contributed by atoms with Gasteiger partial charge in [-0.05, 0) is 25.8 Å². The second kappa shape index (κ2) is 6.41. The number of rotatable bonds is 5. The molecule has 0 aliphatic carbocycles. The molecule has 0 amide bonds. The van der Waals surface area contributed by atoms with E-state index in [1.54, 1.807) is 7.11 Å². The molecular weight excluding hydrogens is 136 g/mol.